The molecule has 1 fully saturated rings. The topological polar surface area (TPSA) is 50.5 Å². The molecule has 1 N–H and O–H groups in total. The number of rotatable bonds is 6. The molecular weight excluding hydrogens is 326 g/mol. The Kier molecular flexibility index (Phi) is 5.76. The lowest BCUT2D eigenvalue weighted by molar-refractivity contribution is 0.0478. The van der Waals surface area contributed by atoms with Crippen LogP contribution in [0.3, 0.4) is 0 Å². The molecule has 2 aromatic rings. The summed E-state index contributed by atoms with van der Waals surface area (Å²) in [6, 6.07) is 7.44. The summed E-state index contributed by atoms with van der Waals surface area (Å²) in [5.74, 6) is 1.89. The highest BCUT2D eigenvalue weighted by molar-refractivity contribution is 6.30. The number of ether oxygens (including phenoxy) is 1. The molecule has 1 aliphatic heterocycles. The van der Waals surface area contributed by atoms with Crippen LogP contribution in [0.25, 0.3) is 0 Å². The van der Waals surface area contributed by atoms with Crippen LogP contribution in [-0.2, 0) is 7.05 Å². The summed E-state index contributed by atoms with van der Waals surface area (Å²) in [5.41, 5.74) is 0. The van der Waals surface area contributed by atoms with Gasteiger partial charge in [0.2, 0.25) is 0 Å². The van der Waals surface area contributed by atoms with Crippen molar-refractivity contribution in [3.8, 4) is 5.75 Å². The molecule has 6 heteroatoms. The zero-order valence-corrected chi connectivity index (χ0v) is 14.7. The fraction of sp³-hybridized carbons (Fsp3) is 0.500. The minimum Gasteiger partial charge on any atom is -0.492 e. The van der Waals surface area contributed by atoms with Crippen molar-refractivity contribution in [3.63, 3.8) is 0 Å². The molecule has 1 saturated heterocycles. The molecule has 3 rings (SSSR count). The van der Waals surface area contributed by atoms with Gasteiger partial charge in [-0.3, -0.25) is 4.90 Å². The Morgan fingerprint density at radius 1 is 1.29 bits per heavy atom. The SMILES string of the molecule is Cn1ccnc1C(O)C1CCN(CCOc2ccc(Cl)cc2)CC1. The van der Waals surface area contributed by atoms with E-state index in [0.717, 1.165) is 49.1 Å². The van der Waals surface area contributed by atoms with Gasteiger partial charge >= 0.3 is 0 Å². The Labute approximate surface area is 147 Å². The molecule has 1 unspecified atom stereocenters. The van der Waals surface area contributed by atoms with Crippen molar-refractivity contribution in [2.45, 2.75) is 18.9 Å². The number of hydrogen-bond acceptors (Lipinski definition) is 4. The van der Waals surface area contributed by atoms with Gasteiger partial charge in [0, 0.05) is 31.0 Å². The predicted molar refractivity (Wildman–Crippen MR) is 94.3 cm³/mol. The zero-order chi connectivity index (χ0) is 16.9. The first-order valence-corrected chi connectivity index (χ1v) is 8.77. The van der Waals surface area contributed by atoms with Gasteiger partial charge in [0.1, 0.15) is 24.3 Å². The summed E-state index contributed by atoms with van der Waals surface area (Å²) in [6.45, 7) is 3.52. The number of aromatic nitrogens is 2. The molecule has 0 radical (unpaired) electrons. The highest BCUT2D eigenvalue weighted by Crippen LogP contribution is 2.29. The summed E-state index contributed by atoms with van der Waals surface area (Å²) in [4.78, 5) is 6.66. The first kappa shape index (κ1) is 17.3. The van der Waals surface area contributed by atoms with Crippen molar-refractivity contribution in [1.82, 2.24) is 14.5 Å². The lowest BCUT2D eigenvalue weighted by atomic mass is 9.91. The van der Waals surface area contributed by atoms with Gasteiger partial charge in [-0.15, -0.1) is 0 Å². The molecule has 1 aromatic carbocycles. The molecule has 0 saturated carbocycles. The molecule has 24 heavy (non-hydrogen) atoms. The molecule has 0 aliphatic carbocycles. The van der Waals surface area contributed by atoms with E-state index < -0.39 is 6.10 Å². The average Bonchev–Trinajstić information content (AvgIpc) is 3.03. The summed E-state index contributed by atoms with van der Waals surface area (Å²) in [7, 11) is 1.93. The molecule has 0 bridgehead atoms. The van der Waals surface area contributed by atoms with Crippen LogP contribution < -0.4 is 4.74 Å². The highest BCUT2D eigenvalue weighted by atomic mass is 35.5. The van der Waals surface area contributed by atoms with Crippen LogP contribution in [0.4, 0.5) is 0 Å². The third-order valence-corrected chi connectivity index (χ3v) is 4.94. The number of aryl methyl sites for hydroxylation is 1. The van der Waals surface area contributed by atoms with Crippen molar-refractivity contribution in [1.29, 1.82) is 0 Å². The minimum absolute atomic E-state index is 0.277. The van der Waals surface area contributed by atoms with E-state index >= 15 is 0 Å². The highest BCUT2D eigenvalue weighted by Gasteiger charge is 2.28. The lowest BCUT2D eigenvalue weighted by Crippen LogP contribution is -2.38. The monoisotopic (exact) mass is 349 g/mol. The number of halogens is 1. The van der Waals surface area contributed by atoms with Crippen molar-refractivity contribution in [2.75, 3.05) is 26.2 Å². The number of hydrogen-bond donors (Lipinski definition) is 1. The van der Waals surface area contributed by atoms with E-state index in [2.05, 4.69) is 9.88 Å². The molecule has 1 atom stereocenters. The van der Waals surface area contributed by atoms with E-state index in [1.807, 2.05) is 42.1 Å². The summed E-state index contributed by atoms with van der Waals surface area (Å²) in [6.07, 6.45) is 5.10. The second-order valence-corrected chi connectivity index (χ2v) is 6.76. The third kappa shape index (κ3) is 4.29. The van der Waals surface area contributed by atoms with Gasteiger partial charge in [-0.25, -0.2) is 4.98 Å². The van der Waals surface area contributed by atoms with Crippen LogP contribution >= 0.6 is 11.6 Å². The Morgan fingerprint density at radius 2 is 2.00 bits per heavy atom. The molecular formula is C18H24ClN3O2. The number of likely N-dealkylation sites (tertiary alicyclic amines) is 1. The summed E-state index contributed by atoms with van der Waals surface area (Å²) in [5, 5.41) is 11.2. The Morgan fingerprint density at radius 3 is 2.62 bits per heavy atom. The molecule has 0 amide bonds. The van der Waals surface area contributed by atoms with E-state index in [0.29, 0.717) is 6.61 Å². The fourth-order valence-corrected chi connectivity index (χ4v) is 3.31. The number of aliphatic hydroxyl groups excluding tert-OH is 1. The van der Waals surface area contributed by atoms with Gasteiger partial charge in [-0.1, -0.05) is 11.6 Å². The Bertz CT molecular complexity index is 636. The van der Waals surface area contributed by atoms with E-state index in [-0.39, 0.29) is 5.92 Å². The third-order valence-electron chi connectivity index (χ3n) is 4.69. The van der Waals surface area contributed by atoms with E-state index in [1.165, 1.54) is 0 Å². The van der Waals surface area contributed by atoms with E-state index in [9.17, 15) is 5.11 Å². The quantitative estimate of drug-likeness (QED) is 0.871. The molecule has 2 heterocycles. The van der Waals surface area contributed by atoms with E-state index in [1.54, 1.807) is 6.20 Å². The van der Waals surface area contributed by atoms with Crippen LogP contribution in [0.5, 0.6) is 5.75 Å². The van der Waals surface area contributed by atoms with Crippen molar-refractivity contribution < 1.29 is 9.84 Å². The average molecular weight is 350 g/mol. The van der Waals surface area contributed by atoms with Crippen molar-refractivity contribution in [2.24, 2.45) is 13.0 Å². The van der Waals surface area contributed by atoms with Gasteiger partial charge in [-0.05, 0) is 56.1 Å². The fourth-order valence-electron chi connectivity index (χ4n) is 3.19. The number of nitrogens with zero attached hydrogens (tertiary/aromatic N) is 3. The van der Waals surface area contributed by atoms with Gasteiger partial charge < -0.3 is 14.4 Å². The maximum absolute atomic E-state index is 10.5. The lowest BCUT2D eigenvalue weighted by Gasteiger charge is -2.33. The van der Waals surface area contributed by atoms with Gasteiger partial charge in [-0.2, -0.15) is 0 Å². The molecule has 1 aliphatic rings. The maximum atomic E-state index is 10.5. The molecule has 1 aromatic heterocycles. The summed E-state index contributed by atoms with van der Waals surface area (Å²) < 4.78 is 7.65. The van der Waals surface area contributed by atoms with Crippen LogP contribution in [0.1, 0.15) is 24.8 Å². The van der Waals surface area contributed by atoms with Crippen LogP contribution in [-0.4, -0.2) is 45.8 Å². The molecule has 0 spiro atoms. The molecule has 5 nitrogen and oxygen atoms in total. The smallest absolute Gasteiger partial charge is 0.137 e. The van der Waals surface area contributed by atoms with Crippen LogP contribution in [0.15, 0.2) is 36.7 Å². The van der Waals surface area contributed by atoms with E-state index in [4.69, 9.17) is 16.3 Å². The van der Waals surface area contributed by atoms with Gasteiger partial charge in [0.05, 0.1) is 0 Å². The van der Waals surface area contributed by atoms with Gasteiger partial charge in [0.15, 0.2) is 0 Å². The summed E-state index contributed by atoms with van der Waals surface area (Å²) >= 11 is 5.86. The predicted octanol–water partition coefficient (Wildman–Crippen LogP) is 2.90. The number of benzene rings is 1. The van der Waals surface area contributed by atoms with Crippen molar-refractivity contribution >= 4 is 11.6 Å². The maximum Gasteiger partial charge on any atom is 0.137 e. The van der Waals surface area contributed by atoms with Gasteiger partial charge in [0.25, 0.3) is 0 Å². The van der Waals surface area contributed by atoms with Crippen molar-refractivity contribution in [3.05, 3.63) is 47.5 Å². The zero-order valence-electron chi connectivity index (χ0n) is 13.9. The second-order valence-electron chi connectivity index (χ2n) is 6.32. The second kappa shape index (κ2) is 8.01. The number of aliphatic hydroxyl groups is 1. The number of piperidine rings is 1. The first-order chi connectivity index (χ1) is 11.6. The largest absolute Gasteiger partial charge is 0.492 e. The normalized spacial score (nSPS) is 17.8. The Balaban J connectivity index is 1.40. The standard InChI is InChI=1S/C18H24ClN3O2/c1-21-11-8-20-18(21)17(23)14-6-9-22(10-7-14)12-13-24-16-4-2-15(19)3-5-16/h2-5,8,11,14,17,23H,6-7,9-10,12-13H2,1H3. The molecule has 130 valence electrons. The van der Waals surface area contributed by atoms with Crippen LogP contribution in [0, 0.1) is 5.92 Å². The minimum atomic E-state index is -0.475. The van der Waals surface area contributed by atoms with Crippen LogP contribution in [0.2, 0.25) is 5.02 Å². The first-order valence-electron chi connectivity index (χ1n) is 8.39. The Hall–Kier alpha value is -1.56. The number of imidazole rings is 1.